The summed E-state index contributed by atoms with van der Waals surface area (Å²) in [7, 11) is 0. The molecule has 1 aromatic rings. The van der Waals surface area contributed by atoms with Gasteiger partial charge in [-0.1, -0.05) is 55.0 Å². The molecule has 0 radical (unpaired) electrons. The van der Waals surface area contributed by atoms with Crippen LogP contribution in [0.2, 0.25) is 0 Å². The second kappa shape index (κ2) is 8.30. The van der Waals surface area contributed by atoms with E-state index >= 15 is 0 Å². The number of halogens is 1. The van der Waals surface area contributed by atoms with Gasteiger partial charge in [0.1, 0.15) is 5.54 Å². The number of hydrogen-bond donors (Lipinski definition) is 2. The lowest BCUT2D eigenvalue weighted by atomic mass is 9.92. The molecule has 20 heavy (non-hydrogen) atoms. The van der Waals surface area contributed by atoms with E-state index in [0.717, 1.165) is 29.4 Å². The third-order valence-electron chi connectivity index (χ3n) is 3.59. The van der Waals surface area contributed by atoms with Crippen molar-refractivity contribution in [2.24, 2.45) is 5.73 Å². The standard InChI is InChI=1S/C16H25BrN2O/c1-3-4-5-6-7-12-16(2,15(18)20)19-14-10-8-13(17)9-11-14/h8-11,19H,3-7,12H2,1-2H3,(H2,18,20). The summed E-state index contributed by atoms with van der Waals surface area (Å²) in [5.41, 5.74) is 5.82. The van der Waals surface area contributed by atoms with E-state index in [9.17, 15) is 4.79 Å². The van der Waals surface area contributed by atoms with Crippen LogP contribution >= 0.6 is 15.9 Å². The van der Waals surface area contributed by atoms with E-state index in [2.05, 4.69) is 28.2 Å². The molecule has 0 spiro atoms. The molecule has 1 atom stereocenters. The SMILES string of the molecule is CCCCCCCC(C)(Nc1ccc(Br)cc1)C(N)=O. The van der Waals surface area contributed by atoms with E-state index in [-0.39, 0.29) is 5.91 Å². The number of anilines is 1. The van der Waals surface area contributed by atoms with Gasteiger partial charge in [-0.25, -0.2) is 0 Å². The molecule has 0 fully saturated rings. The van der Waals surface area contributed by atoms with Crippen molar-refractivity contribution in [1.82, 2.24) is 0 Å². The Hall–Kier alpha value is -1.03. The first kappa shape index (κ1) is 17.0. The average molecular weight is 341 g/mol. The molecular weight excluding hydrogens is 316 g/mol. The molecule has 1 amide bonds. The van der Waals surface area contributed by atoms with Crippen molar-refractivity contribution in [3.05, 3.63) is 28.7 Å². The normalized spacial score (nSPS) is 13.8. The van der Waals surface area contributed by atoms with Gasteiger partial charge < -0.3 is 11.1 Å². The lowest BCUT2D eigenvalue weighted by Crippen LogP contribution is -2.47. The number of nitrogens with one attached hydrogen (secondary N) is 1. The molecule has 0 saturated heterocycles. The van der Waals surface area contributed by atoms with Crippen LogP contribution < -0.4 is 11.1 Å². The van der Waals surface area contributed by atoms with Gasteiger partial charge in [-0.2, -0.15) is 0 Å². The number of primary amides is 1. The van der Waals surface area contributed by atoms with E-state index in [0.29, 0.717) is 0 Å². The number of hydrogen-bond acceptors (Lipinski definition) is 2. The highest BCUT2D eigenvalue weighted by Crippen LogP contribution is 2.23. The lowest BCUT2D eigenvalue weighted by Gasteiger charge is -2.28. The van der Waals surface area contributed by atoms with Gasteiger partial charge in [-0.15, -0.1) is 0 Å². The highest BCUT2D eigenvalue weighted by molar-refractivity contribution is 9.10. The van der Waals surface area contributed by atoms with Crippen LogP contribution in [-0.2, 0) is 4.79 Å². The predicted octanol–water partition coefficient (Wildman–Crippen LogP) is 4.47. The summed E-state index contributed by atoms with van der Waals surface area (Å²) < 4.78 is 1.02. The molecule has 112 valence electrons. The summed E-state index contributed by atoms with van der Waals surface area (Å²) in [6, 6.07) is 7.79. The molecule has 3 nitrogen and oxygen atoms in total. The molecule has 0 aromatic heterocycles. The first-order chi connectivity index (χ1) is 9.48. The number of carbonyl (C=O) groups is 1. The molecular formula is C16H25BrN2O. The molecule has 0 aliphatic rings. The fraction of sp³-hybridized carbons (Fsp3) is 0.562. The Morgan fingerprint density at radius 3 is 2.35 bits per heavy atom. The third-order valence-corrected chi connectivity index (χ3v) is 4.12. The topological polar surface area (TPSA) is 55.1 Å². The number of rotatable bonds is 9. The lowest BCUT2D eigenvalue weighted by molar-refractivity contribution is -0.122. The Labute approximate surface area is 130 Å². The van der Waals surface area contributed by atoms with E-state index in [4.69, 9.17) is 5.73 Å². The monoisotopic (exact) mass is 340 g/mol. The van der Waals surface area contributed by atoms with Gasteiger partial charge in [0.25, 0.3) is 0 Å². The highest BCUT2D eigenvalue weighted by atomic mass is 79.9. The van der Waals surface area contributed by atoms with E-state index in [1.54, 1.807) is 0 Å². The number of carbonyl (C=O) groups excluding carboxylic acids is 1. The minimum Gasteiger partial charge on any atom is -0.371 e. The molecule has 0 saturated carbocycles. The quantitative estimate of drug-likeness (QED) is 0.651. The Morgan fingerprint density at radius 2 is 1.80 bits per heavy atom. The summed E-state index contributed by atoms with van der Waals surface area (Å²) in [5, 5.41) is 3.28. The fourth-order valence-corrected chi connectivity index (χ4v) is 2.45. The zero-order valence-electron chi connectivity index (χ0n) is 12.4. The van der Waals surface area contributed by atoms with Gasteiger partial charge in [0.15, 0.2) is 0 Å². The van der Waals surface area contributed by atoms with Crippen LogP contribution in [0.25, 0.3) is 0 Å². The molecule has 1 rings (SSSR count). The van der Waals surface area contributed by atoms with Crippen molar-refractivity contribution in [3.8, 4) is 0 Å². The molecule has 0 aliphatic heterocycles. The summed E-state index contributed by atoms with van der Waals surface area (Å²) in [5.74, 6) is -0.295. The predicted molar refractivity (Wildman–Crippen MR) is 88.7 cm³/mol. The zero-order chi connectivity index (χ0) is 15.0. The number of benzene rings is 1. The largest absolute Gasteiger partial charge is 0.371 e. The van der Waals surface area contributed by atoms with E-state index in [1.807, 2.05) is 31.2 Å². The van der Waals surface area contributed by atoms with Gasteiger partial charge >= 0.3 is 0 Å². The maximum absolute atomic E-state index is 11.8. The number of unbranched alkanes of at least 4 members (excludes halogenated alkanes) is 4. The van der Waals surface area contributed by atoms with Crippen LogP contribution in [0.4, 0.5) is 5.69 Å². The number of amides is 1. The van der Waals surface area contributed by atoms with Crippen molar-refractivity contribution >= 4 is 27.5 Å². The van der Waals surface area contributed by atoms with Gasteiger partial charge in [0.05, 0.1) is 0 Å². The molecule has 4 heteroatoms. The van der Waals surface area contributed by atoms with E-state index in [1.165, 1.54) is 19.3 Å². The Morgan fingerprint density at radius 1 is 1.20 bits per heavy atom. The molecule has 0 bridgehead atoms. The third kappa shape index (κ3) is 5.53. The molecule has 0 heterocycles. The Balaban J connectivity index is 2.57. The highest BCUT2D eigenvalue weighted by Gasteiger charge is 2.30. The van der Waals surface area contributed by atoms with Crippen molar-refractivity contribution in [1.29, 1.82) is 0 Å². The van der Waals surface area contributed by atoms with E-state index < -0.39 is 5.54 Å². The minimum absolute atomic E-state index is 0.295. The van der Waals surface area contributed by atoms with Crippen LogP contribution in [0, 0.1) is 0 Å². The Bertz CT molecular complexity index is 419. The van der Waals surface area contributed by atoms with Crippen molar-refractivity contribution in [2.75, 3.05) is 5.32 Å². The van der Waals surface area contributed by atoms with Crippen molar-refractivity contribution in [3.63, 3.8) is 0 Å². The summed E-state index contributed by atoms with van der Waals surface area (Å²) in [6.07, 6.45) is 6.64. The zero-order valence-corrected chi connectivity index (χ0v) is 14.0. The van der Waals surface area contributed by atoms with Crippen molar-refractivity contribution < 1.29 is 4.79 Å². The average Bonchev–Trinajstić information content (AvgIpc) is 2.41. The smallest absolute Gasteiger partial charge is 0.242 e. The molecule has 0 aliphatic carbocycles. The second-order valence-electron chi connectivity index (χ2n) is 5.49. The van der Waals surface area contributed by atoms with Gasteiger partial charge in [0, 0.05) is 10.2 Å². The minimum atomic E-state index is -0.681. The summed E-state index contributed by atoms with van der Waals surface area (Å²) >= 11 is 3.40. The molecule has 3 N–H and O–H groups in total. The fourth-order valence-electron chi connectivity index (χ4n) is 2.18. The Kier molecular flexibility index (Phi) is 7.06. The van der Waals surface area contributed by atoms with Crippen LogP contribution in [0.3, 0.4) is 0 Å². The van der Waals surface area contributed by atoms with Gasteiger partial charge in [0.2, 0.25) is 5.91 Å². The van der Waals surface area contributed by atoms with Crippen LogP contribution in [0.5, 0.6) is 0 Å². The number of nitrogens with two attached hydrogens (primary N) is 1. The maximum atomic E-state index is 11.8. The summed E-state index contributed by atoms with van der Waals surface area (Å²) in [6.45, 7) is 4.08. The van der Waals surface area contributed by atoms with Crippen LogP contribution in [0.15, 0.2) is 28.7 Å². The van der Waals surface area contributed by atoms with Crippen LogP contribution in [0.1, 0.15) is 52.4 Å². The van der Waals surface area contributed by atoms with Crippen LogP contribution in [-0.4, -0.2) is 11.4 Å². The summed E-state index contributed by atoms with van der Waals surface area (Å²) in [4.78, 5) is 11.8. The first-order valence-corrected chi connectivity index (χ1v) is 8.11. The second-order valence-corrected chi connectivity index (χ2v) is 6.41. The van der Waals surface area contributed by atoms with Gasteiger partial charge in [-0.05, 0) is 37.6 Å². The molecule has 1 aromatic carbocycles. The van der Waals surface area contributed by atoms with Gasteiger partial charge in [-0.3, -0.25) is 4.79 Å². The maximum Gasteiger partial charge on any atom is 0.242 e. The van der Waals surface area contributed by atoms with Crippen molar-refractivity contribution in [2.45, 2.75) is 57.9 Å². The molecule has 1 unspecified atom stereocenters. The first-order valence-electron chi connectivity index (χ1n) is 7.31.